The topological polar surface area (TPSA) is 60.2 Å². The van der Waals surface area contributed by atoms with E-state index in [1.807, 2.05) is 19.1 Å². The molecular formula is C13H17N3O2. The molecule has 0 aromatic carbocycles. The molecule has 0 amide bonds. The normalized spacial score (nSPS) is 10.3. The first kappa shape index (κ1) is 12.4. The molecule has 0 saturated carbocycles. The SMILES string of the molecule is CCCNc1ncnc(OCc2ccco2)c1C. The van der Waals surface area contributed by atoms with E-state index in [9.17, 15) is 0 Å². The van der Waals surface area contributed by atoms with Gasteiger partial charge in [-0.25, -0.2) is 9.97 Å². The van der Waals surface area contributed by atoms with Crippen LogP contribution in [0.1, 0.15) is 24.7 Å². The Morgan fingerprint density at radius 1 is 1.39 bits per heavy atom. The number of furan rings is 1. The van der Waals surface area contributed by atoms with Crippen molar-refractivity contribution in [2.24, 2.45) is 0 Å². The molecule has 0 atom stereocenters. The third-order valence-corrected chi connectivity index (χ3v) is 2.51. The van der Waals surface area contributed by atoms with Gasteiger partial charge in [0.1, 0.15) is 24.5 Å². The minimum atomic E-state index is 0.373. The Balaban J connectivity index is 2.03. The molecule has 0 bridgehead atoms. The number of hydrogen-bond acceptors (Lipinski definition) is 5. The summed E-state index contributed by atoms with van der Waals surface area (Å²) in [5, 5.41) is 3.24. The summed E-state index contributed by atoms with van der Waals surface area (Å²) in [7, 11) is 0. The van der Waals surface area contributed by atoms with Crippen LogP contribution in [-0.2, 0) is 6.61 Å². The molecule has 0 aliphatic rings. The number of aromatic nitrogens is 2. The Kier molecular flexibility index (Phi) is 4.17. The van der Waals surface area contributed by atoms with Crippen LogP contribution in [0.25, 0.3) is 0 Å². The fourth-order valence-corrected chi connectivity index (χ4v) is 1.54. The number of ether oxygens (including phenoxy) is 1. The van der Waals surface area contributed by atoms with Gasteiger partial charge in [-0.05, 0) is 25.5 Å². The van der Waals surface area contributed by atoms with E-state index in [0.29, 0.717) is 12.5 Å². The summed E-state index contributed by atoms with van der Waals surface area (Å²) >= 11 is 0. The van der Waals surface area contributed by atoms with Gasteiger partial charge < -0.3 is 14.5 Å². The maximum atomic E-state index is 5.62. The lowest BCUT2D eigenvalue weighted by Crippen LogP contribution is -2.06. The van der Waals surface area contributed by atoms with Crippen LogP contribution in [0, 0.1) is 6.92 Å². The molecule has 2 heterocycles. The van der Waals surface area contributed by atoms with Crippen molar-refractivity contribution in [1.29, 1.82) is 0 Å². The van der Waals surface area contributed by atoms with Crippen molar-refractivity contribution >= 4 is 5.82 Å². The van der Waals surface area contributed by atoms with Crippen LogP contribution < -0.4 is 10.1 Å². The molecule has 1 N–H and O–H groups in total. The first-order valence-corrected chi connectivity index (χ1v) is 6.02. The fourth-order valence-electron chi connectivity index (χ4n) is 1.54. The van der Waals surface area contributed by atoms with Gasteiger partial charge in [0.05, 0.1) is 11.8 Å². The molecule has 0 saturated heterocycles. The van der Waals surface area contributed by atoms with Crippen molar-refractivity contribution in [3.05, 3.63) is 36.0 Å². The van der Waals surface area contributed by atoms with E-state index in [0.717, 1.165) is 30.1 Å². The standard InChI is InChI=1S/C13H17N3O2/c1-3-6-14-12-10(2)13(16-9-15-12)18-8-11-5-4-7-17-11/h4-5,7,9H,3,6,8H2,1-2H3,(H,14,15,16). The summed E-state index contributed by atoms with van der Waals surface area (Å²) in [6, 6.07) is 3.70. The Morgan fingerprint density at radius 3 is 3.00 bits per heavy atom. The average molecular weight is 247 g/mol. The van der Waals surface area contributed by atoms with Crippen molar-refractivity contribution in [2.75, 3.05) is 11.9 Å². The van der Waals surface area contributed by atoms with Crippen molar-refractivity contribution in [1.82, 2.24) is 9.97 Å². The van der Waals surface area contributed by atoms with Crippen LogP contribution in [0.4, 0.5) is 5.82 Å². The molecule has 0 unspecified atom stereocenters. The summed E-state index contributed by atoms with van der Waals surface area (Å²) in [4.78, 5) is 8.33. The third kappa shape index (κ3) is 3.00. The second-order valence-electron chi connectivity index (χ2n) is 3.95. The second-order valence-corrected chi connectivity index (χ2v) is 3.95. The van der Waals surface area contributed by atoms with E-state index in [2.05, 4.69) is 22.2 Å². The summed E-state index contributed by atoms with van der Waals surface area (Å²) in [5.74, 6) is 2.18. The maximum absolute atomic E-state index is 5.62. The Bertz CT molecular complexity index is 483. The maximum Gasteiger partial charge on any atom is 0.221 e. The van der Waals surface area contributed by atoms with Crippen LogP contribution in [-0.4, -0.2) is 16.5 Å². The molecule has 96 valence electrons. The van der Waals surface area contributed by atoms with E-state index < -0.39 is 0 Å². The van der Waals surface area contributed by atoms with Gasteiger partial charge in [-0.15, -0.1) is 0 Å². The Morgan fingerprint density at radius 2 is 2.28 bits per heavy atom. The van der Waals surface area contributed by atoms with Crippen LogP contribution in [0.5, 0.6) is 5.88 Å². The number of rotatable bonds is 6. The zero-order valence-corrected chi connectivity index (χ0v) is 10.6. The molecule has 0 spiro atoms. The Hall–Kier alpha value is -2.04. The highest BCUT2D eigenvalue weighted by Gasteiger charge is 2.08. The predicted octanol–water partition coefficient (Wildman–Crippen LogP) is 2.78. The van der Waals surface area contributed by atoms with Crippen molar-refractivity contribution < 1.29 is 9.15 Å². The molecule has 2 rings (SSSR count). The minimum Gasteiger partial charge on any atom is -0.469 e. The first-order chi connectivity index (χ1) is 8.81. The highest BCUT2D eigenvalue weighted by atomic mass is 16.5. The molecule has 5 nitrogen and oxygen atoms in total. The molecule has 5 heteroatoms. The molecule has 2 aromatic rings. The largest absolute Gasteiger partial charge is 0.469 e. The predicted molar refractivity (Wildman–Crippen MR) is 68.6 cm³/mol. The van der Waals surface area contributed by atoms with Gasteiger partial charge in [-0.2, -0.15) is 0 Å². The molecule has 18 heavy (non-hydrogen) atoms. The lowest BCUT2D eigenvalue weighted by molar-refractivity contribution is 0.258. The van der Waals surface area contributed by atoms with Gasteiger partial charge in [0.25, 0.3) is 0 Å². The summed E-state index contributed by atoms with van der Waals surface area (Å²) in [6.45, 7) is 5.31. The van der Waals surface area contributed by atoms with Crippen molar-refractivity contribution in [3.63, 3.8) is 0 Å². The highest BCUT2D eigenvalue weighted by Crippen LogP contribution is 2.21. The number of nitrogens with one attached hydrogen (secondary N) is 1. The van der Waals surface area contributed by atoms with E-state index in [-0.39, 0.29) is 0 Å². The third-order valence-electron chi connectivity index (χ3n) is 2.51. The lowest BCUT2D eigenvalue weighted by Gasteiger charge is -2.10. The zero-order chi connectivity index (χ0) is 12.8. The van der Waals surface area contributed by atoms with Crippen LogP contribution in [0.2, 0.25) is 0 Å². The van der Waals surface area contributed by atoms with Crippen LogP contribution in [0.3, 0.4) is 0 Å². The van der Waals surface area contributed by atoms with Crippen LogP contribution in [0.15, 0.2) is 29.1 Å². The quantitative estimate of drug-likeness (QED) is 0.850. The number of hydrogen-bond donors (Lipinski definition) is 1. The fraction of sp³-hybridized carbons (Fsp3) is 0.385. The summed E-state index contributed by atoms with van der Waals surface area (Å²) in [5.41, 5.74) is 0.914. The molecule has 0 aliphatic carbocycles. The van der Waals surface area contributed by atoms with E-state index in [1.165, 1.54) is 6.33 Å². The Labute approximate surface area is 106 Å². The average Bonchev–Trinajstić information content (AvgIpc) is 2.89. The molecule has 0 aliphatic heterocycles. The van der Waals surface area contributed by atoms with Gasteiger partial charge in [-0.1, -0.05) is 6.92 Å². The zero-order valence-electron chi connectivity index (χ0n) is 10.6. The second kappa shape index (κ2) is 6.05. The monoisotopic (exact) mass is 247 g/mol. The minimum absolute atomic E-state index is 0.373. The number of nitrogens with zero attached hydrogens (tertiary/aromatic N) is 2. The van der Waals surface area contributed by atoms with E-state index >= 15 is 0 Å². The van der Waals surface area contributed by atoms with Gasteiger partial charge in [0, 0.05) is 6.54 Å². The van der Waals surface area contributed by atoms with Gasteiger partial charge in [0.15, 0.2) is 0 Å². The lowest BCUT2D eigenvalue weighted by atomic mass is 10.3. The van der Waals surface area contributed by atoms with E-state index in [1.54, 1.807) is 6.26 Å². The number of anilines is 1. The van der Waals surface area contributed by atoms with E-state index in [4.69, 9.17) is 9.15 Å². The molecule has 0 fully saturated rings. The van der Waals surface area contributed by atoms with Gasteiger partial charge >= 0.3 is 0 Å². The van der Waals surface area contributed by atoms with Gasteiger partial charge in [0.2, 0.25) is 5.88 Å². The summed E-state index contributed by atoms with van der Waals surface area (Å²) in [6.07, 6.45) is 4.17. The highest BCUT2D eigenvalue weighted by molar-refractivity contribution is 5.47. The first-order valence-electron chi connectivity index (χ1n) is 6.02. The summed E-state index contributed by atoms with van der Waals surface area (Å²) < 4.78 is 10.8. The van der Waals surface area contributed by atoms with Crippen molar-refractivity contribution in [3.8, 4) is 5.88 Å². The smallest absolute Gasteiger partial charge is 0.221 e. The van der Waals surface area contributed by atoms with Crippen molar-refractivity contribution in [2.45, 2.75) is 26.9 Å². The molecule has 2 aromatic heterocycles. The molecule has 0 radical (unpaired) electrons. The van der Waals surface area contributed by atoms with Gasteiger partial charge in [-0.3, -0.25) is 0 Å². The van der Waals surface area contributed by atoms with Crippen LogP contribution >= 0.6 is 0 Å². The molecular weight excluding hydrogens is 230 g/mol.